The second-order valence-electron chi connectivity index (χ2n) is 3.10. The maximum absolute atomic E-state index is 10.9. The second-order valence-corrected chi connectivity index (χ2v) is 5.87. The highest BCUT2D eigenvalue weighted by atomic mass is 35.7. The van der Waals surface area contributed by atoms with Gasteiger partial charge in [0, 0.05) is 34.7 Å². The standard InChI is InChI=1S/C9H7ClN2O2S/c10-15(13,14)6-7-3-8-5-11-2-1-9(8)12-4-7/h1-5H,6H2. The topological polar surface area (TPSA) is 59.9 Å². The molecule has 2 rings (SSSR count). The van der Waals surface area contributed by atoms with Crippen molar-refractivity contribution in [2.45, 2.75) is 5.75 Å². The van der Waals surface area contributed by atoms with Gasteiger partial charge in [-0.15, -0.1) is 0 Å². The molecule has 0 spiro atoms. The Morgan fingerprint density at radius 3 is 2.87 bits per heavy atom. The number of hydrogen-bond acceptors (Lipinski definition) is 4. The van der Waals surface area contributed by atoms with E-state index >= 15 is 0 Å². The van der Waals surface area contributed by atoms with Crippen LogP contribution < -0.4 is 0 Å². The number of aromatic nitrogens is 2. The number of halogens is 1. The lowest BCUT2D eigenvalue weighted by Gasteiger charge is -1.99. The van der Waals surface area contributed by atoms with Crippen molar-refractivity contribution in [3.8, 4) is 0 Å². The van der Waals surface area contributed by atoms with E-state index in [4.69, 9.17) is 10.7 Å². The van der Waals surface area contributed by atoms with Crippen LogP contribution in [0.4, 0.5) is 0 Å². The van der Waals surface area contributed by atoms with E-state index < -0.39 is 9.05 Å². The average Bonchev–Trinajstić information content (AvgIpc) is 2.15. The van der Waals surface area contributed by atoms with Crippen LogP contribution in [-0.2, 0) is 14.8 Å². The smallest absolute Gasteiger partial charge is 0.236 e. The van der Waals surface area contributed by atoms with Gasteiger partial charge < -0.3 is 0 Å². The van der Waals surface area contributed by atoms with Crippen LogP contribution in [0.5, 0.6) is 0 Å². The Balaban J connectivity index is 2.48. The fourth-order valence-electron chi connectivity index (χ4n) is 1.30. The van der Waals surface area contributed by atoms with Gasteiger partial charge in [-0.1, -0.05) is 0 Å². The van der Waals surface area contributed by atoms with E-state index in [2.05, 4.69) is 9.97 Å². The summed E-state index contributed by atoms with van der Waals surface area (Å²) in [5, 5.41) is 0.801. The van der Waals surface area contributed by atoms with E-state index in [-0.39, 0.29) is 5.75 Å². The first-order chi connectivity index (χ1) is 7.04. The highest BCUT2D eigenvalue weighted by molar-refractivity contribution is 8.13. The van der Waals surface area contributed by atoms with E-state index in [0.29, 0.717) is 5.56 Å². The zero-order valence-corrected chi connectivity index (χ0v) is 9.16. The van der Waals surface area contributed by atoms with Crippen LogP contribution in [-0.4, -0.2) is 18.4 Å². The van der Waals surface area contributed by atoms with E-state index in [0.717, 1.165) is 10.9 Å². The second kappa shape index (κ2) is 3.75. The first-order valence-corrected chi connectivity index (χ1v) is 6.63. The van der Waals surface area contributed by atoms with Crippen LogP contribution in [0.3, 0.4) is 0 Å². The van der Waals surface area contributed by atoms with E-state index in [1.165, 1.54) is 6.20 Å². The van der Waals surface area contributed by atoms with Crippen LogP contribution in [0.2, 0.25) is 0 Å². The van der Waals surface area contributed by atoms with Gasteiger partial charge in [0.25, 0.3) is 0 Å². The van der Waals surface area contributed by atoms with Crippen molar-refractivity contribution in [1.29, 1.82) is 0 Å². The lowest BCUT2D eigenvalue weighted by molar-refractivity contribution is 0.609. The maximum Gasteiger partial charge on any atom is 0.236 e. The van der Waals surface area contributed by atoms with Crippen molar-refractivity contribution in [2.75, 3.05) is 0 Å². The minimum atomic E-state index is -3.53. The molecule has 0 aliphatic heterocycles. The van der Waals surface area contributed by atoms with Gasteiger partial charge in [-0.05, 0) is 17.7 Å². The molecule has 0 atom stereocenters. The van der Waals surface area contributed by atoms with Crippen LogP contribution >= 0.6 is 10.7 Å². The summed E-state index contributed by atoms with van der Waals surface area (Å²) in [6, 6.07) is 3.48. The van der Waals surface area contributed by atoms with Crippen molar-refractivity contribution >= 4 is 30.6 Å². The Morgan fingerprint density at radius 1 is 1.33 bits per heavy atom. The Labute approximate surface area is 91.3 Å². The molecule has 0 aliphatic carbocycles. The van der Waals surface area contributed by atoms with Crippen LogP contribution in [0.25, 0.3) is 10.9 Å². The fourth-order valence-corrected chi connectivity index (χ4v) is 2.23. The highest BCUT2D eigenvalue weighted by Crippen LogP contribution is 2.14. The SMILES string of the molecule is O=S(=O)(Cl)Cc1cnc2ccncc2c1. The van der Waals surface area contributed by atoms with Crippen LogP contribution in [0.1, 0.15) is 5.56 Å². The highest BCUT2D eigenvalue weighted by Gasteiger charge is 2.07. The minimum Gasteiger partial charge on any atom is -0.264 e. The molecule has 0 fully saturated rings. The van der Waals surface area contributed by atoms with Crippen molar-refractivity contribution in [2.24, 2.45) is 0 Å². The molecule has 0 bridgehead atoms. The molecule has 0 unspecified atom stereocenters. The summed E-state index contributed by atoms with van der Waals surface area (Å²) in [7, 11) is 1.61. The van der Waals surface area contributed by atoms with E-state index in [1.54, 1.807) is 24.5 Å². The quantitative estimate of drug-likeness (QED) is 0.752. The zero-order valence-electron chi connectivity index (χ0n) is 7.59. The predicted octanol–water partition coefficient (Wildman–Crippen LogP) is 1.70. The van der Waals surface area contributed by atoms with Gasteiger partial charge >= 0.3 is 0 Å². The fraction of sp³-hybridized carbons (Fsp3) is 0.111. The molecule has 0 saturated heterocycles. The van der Waals surface area contributed by atoms with Crippen molar-refractivity contribution in [3.63, 3.8) is 0 Å². The van der Waals surface area contributed by atoms with Crippen molar-refractivity contribution < 1.29 is 8.42 Å². The number of fused-ring (bicyclic) bond motifs is 1. The van der Waals surface area contributed by atoms with Gasteiger partial charge in [-0.2, -0.15) is 0 Å². The van der Waals surface area contributed by atoms with Gasteiger partial charge in [0.05, 0.1) is 11.3 Å². The molecule has 2 heterocycles. The van der Waals surface area contributed by atoms with Gasteiger partial charge in [-0.3, -0.25) is 9.97 Å². The molecule has 15 heavy (non-hydrogen) atoms. The molecule has 78 valence electrons. The van der Waals surface area contributed by atoms with Gasteiger partial charge in [-0.25, -0.2) is 8.42 Å². The number of rotatable bonds is 2. The average molecular weight is 243 g/mol. The molecule has 6 heteroatoms. The lowest BCUT2D eigenvalue weighted by Crippen LogP contribution is -1.96. The summed E-state index contributed by atoms with van der Waals surface area (Å²) in [5.41, 5.74) is 1.34. The third kappa shape index (κ3) is 2.64. The largest absolute Gasteiger partial charge is 0.264 e. The molecule has 0 N–H and O–H groups in total. The minimum absolute atomic E-state index is 0.216. The molecule has 0 saturated carbocycles. The molecular weight excluding hydrogens is 236 g/mol. The van der Waals surface area contributed by atoms with Gasteiger partial charge in [0.15, 0.2) is 0 Å². The van der Waals surface area contributed by atoms with Crippen molar-refractivity contribution in [1.82, 2.24) is 9.97 Å². The normalized spacial score (nSPS) is 11.8. The van der Waals surface area contributed by atoms with Gasteiger partial charge in [0.2, 0.25) is 9.05 Å². The van der Waals surface area contributed by atoms with Crippen molar-refractivity contribution in [3.05, 3.63) is 36.3 Å². The van der Waals surface area contributed by atoms with Crippen LogP contribution in [0, 0.1) is 0 Å². The third-order valence-electron chi connectivity index (χ3n) is 1.88. The Kier molecular flexibility index (Phi) is 2.58. The molecule has 0 radical (unpaired) electrons. The molecule has 2 aromatic heterocycles. The molecular formula is C9H7ClN2O2S. The molecule has 0 amide bonds. The first-order valence-electron chi connectivity index (χ1n) is 4.15. The first kappa shape index (κ1) is 10.3. The Morgan fingerprint density at radius 2 is 2.13 bits per heavy atom. The number of nitrogens with zero attached hydrogens (tertiary/aromatic N) is 2. The Hall–Kier alpha value is -1.20. The molecule has 2 aromatic rings. The summed E-state index contributed by atoms with van der Waals surface area (Å²) >= 11 is 0. The lowest BCUT2D eigenvalue weighted by atomic mass is 10.2. The molecule has 0 aliphatic rings. The molecule has 4 nitrogen and oxygen atoms in total. The number of hydrogen-bond donors (Lipinski definition) is 0. The summed E-state index contributed by atoms with van der Waals surface area (Å²) < 4.78 is 21.7. The third-order valence-corrected chi connectivity index (χ3v) is 2.88. The predicted molar refractivity (Wildman–Crippen MR) is 58.0 cm³/mol. The molecule has 0 aromatic carbocycles. The number of pyridine rings is 2. The summed E-state index contributed by atoms with van der Waals surface area (Å²) in [4.78, 5) is 8.03. The van der Waals surface area contributed by atoms with E-state index in [1.807, 2.05) is 0 Å². The van der Waals surface area contributed by atoms with Gasteiger partial charge in [0.1, 0.15) is 0 Å². The zero-order chi connectivity index (χ0) is 10.9. The maximum atomic E-state index is 10.9. The summed E-state index contributed by atoms with van der Waals surface area (Å²) in [6.07, 6.45) is 4.77. The summed E-state index contributed by atoms with van der Waals surface area (Å²) in [6.45, 7) is 0. The van der Waals surface area contributed by atoms with Crippen LogP contribution in [0.15, 0.2) is 30.7 Å². The Bertz CT molecular complexity index is 598. The summed E-state index contributed by atoms with van der Waals surface area (Å²) in [5.74, 6) is -0.216. The monoisotopic (exact) mass is 242 g/mol. The van der Waals surface area contributed by atoms with E-state index in [9.17, 15) is 8.42 Å².